The molecule has 31 heavy (non-hydrogen) atoms. The minimum atomic E-state index is -0.440. The molecule has 0 atom stereocenters. The predicted octanol–water partition coefficient (Wildman–Crippen LogP) is 1.68. The van der Waals surface area contributed by atoms with Crippen LogP contribution in [0.4, 0.5) is 0 Å². The zero-order chi connectivity index (χ0) is 22.0. The maximum absolute atomic E-state index is 12.9. The summed E-state index contributed by atoms with van der Waals surface area (Å²) in [4.78, 5) is 29.7. The molecule has 2 heterocycles. The van der Waals surface area contributed by atoms with Crippen LogP contribution in [0.3, 0.4) is 0 Å². The molecule has 0 saturated heterocycles. The van der Waals surface area contributed by atoms with Crippen molar-refractivity contribution in [3.63, 3.8) is 0 Å². The fraction of sp³-hybridized carbons (Fsp3) is 0.182. The van der Waals surface area contributed by atoms with Crippen LogP contribution >= 0.6 is 11.3 Å². The third kappa shape index (κ3) is 3.99. The van der Waals surface area contributed by atoms with Crippen LogP contribution in [0.25, 0.3) is 11.0 Å². The third-order valence-electron chi connectivity index (χ3n) is 4.65. The maximum Gasteiger partial charge on any atom is 0.296 e. The van der Waals surface area contributed by atoms with Gasteiger partial charge in [0.25, 0.3) is 11.1 Å². The fourth-order valence-corrected chi connectivity index (χ4v) is 4.08. The van der Waals surface area contributed by atoms with E-state index in [0.29, 0.717) is 33.8 Å². The minimum Gasteiger partial charge on any atom is -0.493 e. The Hall–Kier alpha value is -3.72. The van der Waals surface area contributed by atoms with E-state index in [9.17, 15) is 9.59 Å². The van der Waals surface area contributed by atoms with Crippen molar-refractivity contribution in [3.8, 4) is 17.2 Å². The van der Waals surface area contributed by atoms with Crippen molar-refractivity contribution in [2.45, 2.75) is 6.42 Å². The van der Waals surface area contributed by atoms with Crippen molar-refractivity contribution >= 4 is 22.4 Å². The summed E-state index contributed by atoms with van der Waals surface area (Å²) in [5, 5.41) is 4.28. The van der Waals surface area contributed by atoms with Crippen molar-refractivity contribution in [2.75, 3.05) is 21.3 Å². The van der Waals surface area contributed by atoms with Crippen LogP contribution in [-0.4, -0.2) is 35.9 Å². The second-order valence-electron chi connectivity index (χ2n) is 6.59. The lowest BCUT2D eigenvalue weighted by molar-refractivity contribution is 0.324. The topological polar surface area (TPSA) is 92.0 Å². The second-order valence-corrected chi connectivity index (χ2v) is 7.60. The first-order chi connectivity index (χ1) is 15.0. The van der Waals surface area contributed by atoms with Crippen LogP contribution in [0.1, 0.15) is 16.8 Å². The zero-order valence-corrected chi connectivity index (χ0v) is 17.9. The van der Waals surface area contributed by atoms with E-state index in [0.717, 1.165) is 16.9 Å². The highest BCUT2D eigenvalue weighted by atomic mass is 32.1. The predicted molar refractivity (Wildman–Crippen MR) is 118 cm³/mol. The van der Waals surface area contributed by atoms with Crippen LogP contribution < -0.4 is 29.9 Å². The number of aromatic nitrogens is 3. The molecule has 0 unspecified atom stereocenters. The molecule has 0 radical (unpaired) electrons. The van der Waals surface area contributed by atoms with E-state index >= 15 is 0 Å². The summed E-state index contributed by atoms with van der Waals surface area (Å²) < 4.78 is 17.6. The van der Waals surface area contributed by atoms with Crippen molar-refractivity contribution in [3.05, 3.63) is 84.5 Å². The Kier molecular flexibility index (Phi) is 5.68. The van der Waals surface area contributed by atoms with Gasteiger partial charge in [0.05, 0.1) is 25.9 Å². The third-order valence-corrected chi connectivity index (χ3v) is 5.61. The van der Waals surface area contributed by atoms with Crippen molar-refractivity contribution in [1.29, 1.82) is 0 Å². The summed E-state index contributed by atoms with van der Waals surface area (Å²) in [7, 11) is 4.56. The molecule has 0 bridgehead atoms. The first kappa shape index (κ1) is 20.5. The highest BCUT2D eigenvalue weighted by Gasteiger charge is 2.14. The molecule has 4 rings (SSSR count). The SMILES string of the molecule is COc1cc(C=c2sc3nc(=O)c(Cc4ccccc4)nn3c2=O)cc(OC)c1OC. The zero-order valence-electron chi connectivity index (χ0n) is 17.1. The molecule has 0 N–H and O–H groups in total. The van der Waals surface area contributed by atoms with E-state index in [1.807, 2.05) is 30.3 Å². The Morgan fingerprint density at radius 3 is 2.29 bits per heavy atom. The maximum atomic E-state index is 12.9. The van der Waals surface area contributed by atoms with Crippen molar-refractivity contribution < 1.29 is 14.2 Å². The summed E-state index contributed by atoms with van der Waals surface area (Å²) in [6.45, 7) is 0. The molecular weight excluding hydrogens is 418 g/mol. The van der Waals surface area contributed by atoms with E-state index in [4.69, 9.17) is 14.2 Å². The van der Waals surface area contributed by atoms with Gasteiger partial charge in [-0.1, -0.05) is 41.7 Å². The lowest BCUT2D eigenvalue weighted by Gasteiger charge is -2.12. The molecule has 0 fully saturated rings. The summed E-state index contributed by atoms with van der Waals surface area (Å²) in [6, 6.07) is 12.9. The number of methoxy groups -OCH3 is 3. The highest BCUT2D eigenvalue weighted by molar-refractivity contribution is 7.15. The molecule has 4 aromatic rings. The normalized spacial score (nSPS) is 11.6. The Morgan fingerprint density at radius 2 is 1.68 bits per heavy atom. The lowest BCUT2D eigenvalue weighted by Crippen LogP contribution is -2.28. The number of fused-ring (bicyclic) bond motifs is 1. The second kappa shape index (κ2) is 8.57. The van der Waals surface area contributed by atoms with Gasteiger partial charge in [-0.15, -0.1) is 0 Å². The smallest absolute Gasteiger partial charge is 0.296 e. The molecule has 2 aromatic heterocycles. The van der Waals surface area contributed by atoms with E-state index in [2.05, 4.69) is 10.1 Å². The molecule has 8 nitrogen and oxygen atoms in total. The van der Waals surface area contributed by atoms with Crippen molar-refractivity contribution in [1.82, 2.24) is 14.6 Å². The Morgan fingerprint density at radius 1 is 1.00 bits per heavy atom. The Labute approximate surface area is 181 Å². The first-order valence-electron chi connectivity index (χ1n) is 9.32. The minimum absolute atomic E-state index is 0.220. The van der Waals surface area contributed by atoms with E-state index in [1.54, 1.807) is 18.2 Å². The van der Waals surface area contributed by atoms with E-state index < -0.39 is 5.56 Å². The number of hydrogen-bond donors (Lipinski definition) is 0. The molecule has 0 spiro atoms. The van der Waals surface area contributed by atoms with Gasteiger partial charge in [-0.2, -0.15) is 14.6 Å². The number of benzene rings is 2. The van der Waals surface area contributed by atoms with Crippen LogP contribution in [0, 0.1) is 0 Å². The Balaban J connectivity index is 1.82. The summed E-state index contributed by atoms with van der Waals surface area (Å²) in [5.41, 5.74) is 1.02. The number of ether oxygens (including phenoxy) is 3. The quantitative estimate of drug-likeness (QED) is 0.453. The van der Waals surface area contributed by atoms with Gasteiger partial charge in [-0.3, -0.25) is 9.59 Å². The molecule has 2 aromatic carbocycles. The molecule has 0 aliphatic carbocycles. The van der Waals surface area contributed by atoms with Gasteiger partial charge < -0.3 is 14.2 Å². The van der Waals surface area contributed by atoms with E-state index in [-0.39, 0.29) is 16.2 Å². The van der Waals surface area contributed by atoms with Gasteiger partial charge >= 0.3 is 0 Å². The summed E-state index contributed by atoms with van der Waals surface area (Å²) >= 11 is 1.09. The molecule has 158 valence electrons. The summed E-state index contributed by atoms with van der Waals surface area (Å²) in [6.07, 6.45) is 1.98. The highest BCUT2D eigenvalue weighted by Crippen LogP contribution is 2.38. The molecule has 0 aliphatic rings. The van der Waals surface area contributed by atoms with Gasteiger partial charge in [0, 0.05) is 6.42 Å². The van der Waals surface area contributed by atoms with Gasteiger partial charge in [0.15, 0.2) is 11.5 Å². The average Bonchev–Trinajstić information content (AvgIpc) is 3.08. The van der Waals surface area contributed by atoms with E-state index in [1.165, 1.54) is 25.8 Å². The number of rotatable bonds is 6. The van der Waals surface area contributed by atoms with Crippen molar-refractivity contribution in [2.24, 2.45) is 0 Å². The molecule has 0 saturated carbocycles. The van der Waals surface area contributed by atoms with Gasteiger partial charge in [0.1, 0.15) is 5.69 Å². The first-order valence-corrected chi connectivity index (χ1v) is 10.1. The van der Waals surface area contributed by atoms with Crippen LogP contribution in [0.15, 0.2) is 52.1 Å². The largest absolute Gasteiger partial charge is 0.493 e. The van der Waals surface area contributed by atoms with Crippen LogP contribution in [0.5, 0.6) is 17.2 Å². The molecule has 0 amide bonds. The number of nitrogens with zero attached hydrogens (tertiary/aromatic N) is 3. The molecular formula is C22H19N3O5S. The van der Waals surface area contributed by atoms with Gasteiger partial charge in [-0.25, -0.2) is 0 Å². The average molecular weight is 437 g/mol. The fourth-order valence-electron chi connectivity index (χ4n) is 3.18. The van der Waals surface area contributed by atoms with Crippen LogP contribution in [-0.2, 0) is 6.42 Å². The number of hydrogen-bond acceptors (Lipinski definition) is 8. The Bertz CT molecular complexity index is 1390. The van der Waals surface area contributed by atoms with Crippen LogP contribution in [0.2, 0.25) is 0 Å². The lowest BCUT2D eigenvalue weighted by atomic mass is 10.1. The molecule has 9 heteroatoms. The standard InChI is InChI=1S/C22H19N3O5S/c1-28-16-10-14(11-17(29-2)19(16)30-3)12-18-21(27)25-22(31-18)23-20(26)15(24-25)9-13-7-5-4-6-8-13/h4-8,10-12H,9H2,1-3H3. The van der Waals surface area contributed by atoms with Gasteiger partial charge in [-0.05, 0) is 29.3 Å². The monoisotopic (exact) mass is 437 g/mol. The van der Waals surface area contributed by atoms with Gasteiger partial charge in [0.2, 0.25) is 10.7 Å². The summed E-state index contributed by atoms with van der Waals surface area (Å²) in [5.74, 6) is 1.40. The molecule has 0 aliphatic heterocycles. The number of thiazole rings is 1.